The first-order valence-electron chi connectivity index (χ1n) is 4.57. The zero-order valence-corrected chi connectivity index (χ0v) is 7.64. The quantitative estimate of drug-likeness (QED) is 0.594. The van der Waals surface area contributed by atoms with Gasteiger partial charge in [0.15, 0.2) is 0 Å². The van der Waals surface area contributed by atoms with E-state index in [4.69, 9.17) is 4.74 Å². The molecule has 1 aliphatic carbocycles. The van der Waals surface area contributed by atoms with Crippen LogP contribution < -0.4 is 5.32 Å². The van der Waals surface area contributed by atoms with Crippen molar-refractivity contribution in [3.05, 3.63) is 0 Å². The van der Waals surface area contributed by atoms with E-state index in [1.807, 2.05) is 0 Å². The van der Waals surface area contributed by atoms with Crippen LogP contribution in [0.5, 0.6) is 0 Å². The van der Waals surface area contributed by atoms with Gasteiger partial charge in [-0.15, -0.1) is 0 Å². The predicted molar refractivity (Wildman–Crippen MR) is 47.1 cm³/mol. The number of carbonyl (C=O) groups excluding carboxylic acids is 1. The van der Waals surface area contributed by atoms with Crippen molar-refractivity contribution in [3.8, 4) is 0 Å². The summed E-state index contributed by atoms with van der Waals surface area (Å²) in [7, 11) is 1.66. The molecule has 0 saturated heterocycles. The smallest absolute Gasteiger partial charge is 0.149 e. The Morgan fingerprint density at radius 1 is 1.58 bits per heavy atom. The van der Waals surface area contributed by atoms with Gasteiger partial charge in [-0.25, -0.2) is 0 Å². The number of nitrogens with one attached hydrogen (secondary N) is 1. The van der Waals surface area contributed by atoms with E-state index in [9.17, 15) is 4.79 Å². The zero-order chi connectivity index (χ0) is 8.81. The molecule has 3 nitrogen and oxygen atoms in total. The molecule has 0 aromatic heterocycles. The van der Waals surface area contributed by atoms with Gasteiger partial charge in [-0.1, -0.05) is 6.42 Å². The maximum absolute atomic E-state index is 11.3. The molecule has 1 aliphatic rings. The van der Waals surface area contributed by atoms with E-state index in [0.29, 0.717) is 24.9 Å². The van der Waals surface area contributed by atoms with Crippen LogP contribution in [0.1, 0.15) is 19.3 Å². The van der Waals surface area contributed by atoms with Crippen LogP contribution in [0.4, 0.5) is 0 Å². The van der Waals surface area contributed by atoms with E-state index in [-0.39, 0.29) is 0 Å². The third kappa shape index (κ3) is 2.91. The molecule has 0 atom stereocenters. The molecular weight excluding hydrogens is 154 g/mol. The van der Waals surface area contributed by atoms with Crippen molar-refractivity contribution >= 4 is 5.78 Å². The molecule has 0 aromatic rings. The van der Waals surface area contributed by atoms with Gasteiger partial charge >= 0.3 is 0 Å². The van der Waals surface area contributed by atoms with Crippen molar-refractivity contribution in [2.45, 2.75) is 19.3 Å². The maximum Gasteiger partial charge on any atom is 0.149 e. The van der Waals surface area contributed by atoms with Crippen molar-refractivity contribution in [3.63, 3.8) is 0 Å². The summed E-state index contributed by atoms with van der Waals surface area (Å²) < 4.78 is 4.85. The van der Waals surface area contributed by atoms with Crippen molar-refractivity contribution in [1.82, 2.24) is 5.32 Å². The lowest BCUT2D eigenvalue weighted by Crippen LogP contribution is -2.33. The van der Waals surface area contributed by atoms with E-state index < -0.39 is 0 Å². The van der Waals surface area contributed by atoms with Gasteiger partial charge in [0.05, 0.1) is 13.2 Å². The van der Waals surface area contributed by atoms with Crippen molar-refractivity contribution in [2.24, 2.45) is 5.92 Å². The molecule has 0 spiro atoms. The molecule has 1 saturated carbocycles. The minimum absolute atomic E-state index is 0.361. The molecule has 1 N–H and O–H groups in total. The van der Waals surface area contributed by atoms with Gasteiger partial charge in [0.1, 0.15) is 5.78 Å². The normalized spacial score (nSPS) is 17.4. The number of Topliss-reactive ketones (excluding diaryl/α,β-unsaturated/α-hetero) is 1. The Morgan fingerprint density at radius 2 is 2.33 bits per heavy atom. The van der Waals surface area contributed by atoms with Gasteiger partial charge in [-0.05, 0) is 12.8 Å². The second kappa shape index (κ2) is 5.27. The van der Waals surface area contributed by atoms with E-state index in [1.54, 1.807) is 7.11 Å². The third-order valence-electron chi connectivity index (χ3n) is 2.34. The summed E-state index contributed by atoms with van der Waals surface area (Å²) in [5, 5.41) is 3.06. The highest BCUT2D eigenvalue weighted by Crippen LogP contribution is 2.26. The summed E-state index contributed by atoms with van der Waals surface area (Å²) in [6.07, 6.45) is 3.43. The van der Waals surface area contributed by atoms with Gasteiger partial charge < -0.3 is 10.1 Å². The first kappa shape index (κ1) is 9.68. The van der Waals surface area contributed by atoms with Crippen molar-refractivity contribution < 1.29 is 9.53 Å². The van der Waals surface area contributed by atoms with E-state index in [1.165, 1.54) is 6.42 Å². The van der Waals surface area contributed by atoms with Crippen molar-refractivity contribution in [2.75, 3.05) is 26.8 Å². The Labute approximate surface area is 73.5 Å². The summed E-state index contributed by atoms with van der Waals surface area (Å²) in [6.45, 7) is 1.97. The van der Waals surface area contributed by atoms with Crippen LogP contribution in [-0.4, -0.2) is 32.6 Å². The molecule has 0 radical (unpaired) electrons. The molecule has 1 rings (SSSR count). The fourth-order valence-electron chi connectivity index (χ4n) is 1.26. The molecule has 0 aliphatic heterocycles. The summed E-state index contributed by atoms with van der Waals surface area (Å²) in [5.74, 6) is 0.734. The van der Waals surface area contributed by atoms with Crippen LogP contribution in [-0.2, 0) is 9.53 Å². The molecule has 0 amide bonds. The summed E-state index contributed by atoms with van der Waals surface area (Å²) in [4.78, 5) is 11.3. The van der Waals surface area contributed by atoms with E-state index in [0.717, 1.165) is 19.4 Å². The lowest BCUT2D eigenvalue weighted by atomic mass is 9.82. The number of hydrogen-bond donors (Lipinski definition) is 1. The lowest BCUT2D eigenvalue weighted by molar-refractivity contribution is -0.124. The minimum Gasteiger partial charge on any atom is -0.383 e. The average molecular weight is 171 g/mol. The van der Waals surface area contributed by atoms with Crippen LogP contribution in [0, 0.1) is 5.92 Å². The molecule has 0 bridgehead atoms. The molecular formula is C9H17NO2. The summed E-state index contributed by atoms with van der Waals surface area (Å²) in [5.41, 5.74) is 0. The Morgan fingerprint density at radius 3 is 2.83 bits per heavy atom. The Hall–Kier alpha value is -0.410. The molecule has 1 fully saturated rings. The van der Waals surface area contributed by atoms with E-state index in [2.05, 4.69) is 5.32 Å². The van der Waals surface area contributed by atoms with Crippen LogP contribution in [0.25, 0.3) is 0 Å². The van der Waals surface area contributed by atoms with Gasteiger partial charge in [0, 0.05) is 19.6 Å². The molecule has 12 heavy (non-hydrogen) atoms. The number of ketones is 1. The number of hydrogen-bond acceptors (Lipinski definition) is 3. The summed E-state index contributed by atoms with van der Waals surface area (Å²) in [6, 6.07) is 0. The second-order valence-corrected chi connectivity index (χ2v) is 3.26. The minimum atomic E-state index is 0.361. The number of rotatable bonds is 6. The highest BCUT2D eigenvalue weighted by Gasteiger charge is 2.24. The number of carbonyl (C=O) groups is 1. The van der Waals surface area contributed by atoms with E-state index >= 15 is 0 Å². The standard InChI is InChI=1S/C9H17NO2/c1-12-6-5-10-7-9(11)8-3-2-4-8/h8,10H,2-7H2,1H3. The van der Waals surface area contributed by atoms with Gasteiger partial charge in [-0.3, -0.25) is 4.79 Å². The SMILES string of the molecule is COCCNCC(=O)C1CCC1. The second-order valence-electron chi connectivity index (χ2n) is 3.26. The largest absolute Gasteiger partial charge is 0.383 e. The highest BCUT2D eigenvalue weighted by atomic mass is 16.5. The topological polar surface area (TPSA) is 38.3 Å². The predicted octanol–water partition coefficient (Wildman–Crippen LogP) is 0.592. The van der Waals surface area contributed by atoms with Crippen LogP contribution in [0.3, 0.4) is 0 Å². The van der Waals surface area contributed by atoms with Crippen LogP contribution >= 0.6 is 0 Å². The molecule has 0 aromatic carbocycles. The Balaban J connectivity index is 1.94. The first-order chi connectivity index (χ1) is 5.84. The zero-order valence-electron chi connectivity index (χ0n) is 7.64. The van der Waals surface area contributed by atoms with Crippen molar-refractivity contribution in [1.29, 1.82) is 0 Å². The highest BCUT2D eigenvalue weighted by molar-refractivity contribution is 5.83. The first-order valence-corrected chi connectivity index (χ1v) is 4.57. The monoisotopic (exact) mass is 171 g/mol. The molecule has 3 heteroatoms. The summed E-state index contributed by atoms with van der Waals surface area (Å²) >= 11 is 0. The van der Waals surface area contributed by atoms with Gasteiger partial charge in [0.25, 0.3) is 0 Å². The molecule has 0 unspecified atom stereocenters. The van der Waals surface area contributed by atoms with Crippen LogP contribution in [0.2, 0.25) is 0 Å². The Kier molecular flexibility index (Phi) is 4.25. The Bertz CT molecular complexity index is 143. The average Bonchev–Trinajstić information content (AvgIpc) is 1.95. The van der Waals surface area contributed by atoms with Gasteiger partial charge in [0.2, 0.25) is 0 Å². The fraction of sp³-hybridized carbons (Fsp3) is 0.889. The third-order valence-corrected chi connectivity index (χ3v) is 2.34. The molecule has 70 valence electrons. The fourth-order valence-corrected chi connectivity index (χ4v) is 1.26. The van der Waals surface area contributed by atoms with Crippen LogP contribution in [0.15, 0.2) is 0 Å². The lowest BCUT2D eigenvalue weighted by Gasteiger charge is -2.23. The van der Waals surface area contributed by atoms with Gasteiger partial charge in [-0.2, -0.15) is 0 Å². The molecule has 0 heterocycles. The maximum atomic E-state index is 11.3. The number of methoxy groups -OCH3 is 1. The number of ether oxygens (including phenoxy) is 1.